The first kappa shape index (κ1) is 15.3. The molecule has 0 radical (unpaired) electrons. The first-order valence-electron chi connectivity index (χ1n) is 7.38. The lowest BCUT2D eigenvalue weighted by Crippen LogP contribution is -2.38. The molecule has 1 aromatic rings. The average Bonchev–Trinajstić information content (AvgIpc) is 2.98. The third-order valence-corrected chi connectivity index (χ3v) is 5.80. The number of rotatable bonds is 6. The fourth-order valence-corrected chi connectivity index (χ4v) is 4.07. The van der Waals surface area contributed by atoms with Crippen LogP contribution in [0.3, 0.4) is 0 Å². The second-order valence-corrected chi connectivity index (χ2v) is 7.54. The standard InChI is InChI=1S/C15H24N2O2S/c1-2-20(18,19)15-10-6-5-9-14(15)17(12-11-16)13-7-3-4-8-13/h5-6,9-10,13H,2-4,7-8,11-12,16H2,1H3. The summed E-state index contributed by atoms with van der Waals surface area (Å²) in [5, 5.41) is 0. The van der Waals surface area contributed by atoms with Crippen molar-refractivity contribution in [1.82, 2.24) is 0 Å². The smallest absolute Gasteiger partial charge is 0.180 e. The van der Waals surface area contributed by atoms with Gasteiger partial charge in [-0.1, -0.05) is 31.9 Å². The van der Waals surface area contributed by atoms with Gasteiger partial charge in [-0.3, -0.25) is 0 Å². The van der Waals surface area contributed by atoms with E-state index in [0.717, 1.165) is 18.5 Å². The fraction of sp³-hybridized carbons (Fsp3) is 0.600. The Kier molecular flexibility index (Phi) is 5.05. The molecule has 1 aliphatic carbocycles. The first-order valence-corrected chi connectivity index (χ1v) is 9.04. The zero-order chi connectivity index (χ0) is 14.6. The van der Waals surface area contributed by atoms with Gasteiger partial charge in [0.2, 0.25) is 0 Å². The topological polar surface area (TPSA) is 63.4 Å². The van der Waals surface area contributed by atoms with Gasteiger partial charge < -0.3 is 10.6 Å². The van der Waals surface area contributed by atoms with E-state index in [1.54, 1.807) is 19.1 Å². The van der Waals surface area contributed by atoms with Gasteiger partial charge in [-0.05, 0) is 25.0 Å². The number of anilines is 1. The Morgan fingerprint density at radius 3 is 2.50 bits per heavy atom. The van der Waals surface area contributed by atoms with Crippen LogP contribution in [0.25, 0.3) is 0 Å². The van der Waals surface area contributed by atoms with Crippen molar-refractivity contribution in [2.75, 3.05) is 23.7 Å². The number of benzene rings is 1. The molecule has 0 unspecified atom stereocenters. The number of nitrogens with two attached hydrogens (primary N) is 1. The molecule has 0 saturated heterocycles. The second-order valence-electron chi connectivity index (χ2n) is 5.29. The van der Waals surface area contributed by atoms with Gasteiger partial charge in [0, 0.05) is 19.1 Å². The van der Waals surface area contributed by atoms with Crippen LogP contribution in [-0.4, -0.2) is 33.3 Å². The van der Waals surface area contributed by atoms with Crippen LogP contribution in [0.1, 0.15) is 32.6 Å². The zero-order valence-electron chi connectivity index (χ0n) is 12.1. The highest BCUT2D eigenvalue weighted by atomic mass is 32.2. The molecule has 1 saturated carbocycles. The van der Waals surface area contributed by atoms with E-state index in [0.29, 0.717) is 24.0 Å². The second kappa shape index (κ2) is 6.59. The Bertz CT molecular complexity index is 537. The summed E-state index contributed by atoms with van der Waals surface area (Å²) < 4.78 is 24.6. The highest BCUT2D eigenvalue weighted by Gasteiger charge is 2.26. The molecule has 0 amide bonds. The van der Waals surface area contributed by atoms with Crippen molar-refractivity contribution >= 4 is 15.5 Å². The molecular weight excluding hydrogens is 272 g/mol. The van der Waals surface area contributed by atoms with Crippen molar-refractivity contribution in [3.8, 4) is 0 Å². The molecule has 2 rings (SSSR count). The molecule has 1 fully saturated rings. The van der Waals surface area contributed by atoms with Gasteiger partial charge in [0.25, 0.3) is 0 Å². The molecule has 0 spiro atoms. The van der Waals surface area contributed by atoms with Gasteiger partial charge in [0.1, 0.15) is 0 Å². The fourth-order valence-electron chi connectivity index (χ4n) is 2.97. The van der Waals surface area contributed by atoms with Gasteiger partial charge >= 0.3 is 0 Å². The lowest BCUT2D eigenvalue weighted by molar-refractivity contribution is 0.588. The van der Waals surface area contributed by atoms with E-state index in [1.807, 2.05) is 12.1 Å². The minimum atomic E-state index is -3.20. The molecule has 20 heavy (non-hydrogen) atoms. The maximum absolute atomic E-state index is 12.3. The molecule has 0 bridgehead atoms. The van der Waals surface area contributed by atoms with Crippen molar-refractivity contribution in [3.63, 3.8) is 0 Å². The summed E-state index contributed by atoms with van der Waals surface area (Å²) in [7, 11) is -3.20. The van der Waals surface area contributed by atoms with E-state index < -0.39 is 9.84 Å². The van der Waals surface area contributed by atoms with Crippen LogP contribution in [0.5, 0.6) is 0 Å². The minimum Gasteiger partial charge on any atom is -0.366 e. The molecule has 112 valence electrons. The molecule has 1 aromatic carbocycles. The third kappa shape index (κ3) is 3.15. The zero-order valence-corrected chi connectivity index (χ0v) is 12.9. The van der Waals surface area contributed by atoms with Crippen LogP contribution in [0.15, 0.2) is 29.2 Å². The van der Waals surface area contributed by atoms with E-state index in [-0.39, 0.29) is 5.75 Å². The Morgan fingerprint density at radius 2 is 1.90 bits per heavy atom. The highest BCUT2D eigenvalue weighted by molar-refractivity contribution is 7.91. The summed E-state index contributed by atoms with van der Waals surface area (Å²) in [6, 6.07) is 7.75. The van der Waals surface area contributed by atoms with Crippen LogP contribution >= 0.6 is 0 Å². The lowest BCUT2D eigenvalue weighted by atomic mass is 10.1. The van der Waals surface area contributed by atoms with Gasteiger partial charge in [-0.25, -0.2) is 8.42 Å². The predicted molar refractivity (Wildman–Crippen MR) is 82.8 cm³/mol. The summed E-state index contributed by atoms with van der Waals surface area (Å²) in [6.45, 7) is 2.94. The number of hydrogen-bond donors (Lipinski definition) is 1. The van der Waals surface area contributed by atoms with Crippen LogP contribution in [0, 0.1) is 0 Å². The summed E-state index contributed by atoms with van der Waals surface area (Å²) in [5.74, 6) is 0.130. The van der Waals surface area contributed by atoms with Crippen LogP contribution < -0.4 is 10.6 Å². The Labute approximate surface area is 121 Å². The molecule has 0 heterocycles. The average molecular weight is 296 g/mol. The van der Waals surface area contributed by atoms with Crippen molar-refractivity contribution in [2.45, 2.75) is 43.5 Å². The van der Waals surface area contributed by atoms with Gasteiger partial charge in [-0.15, -0.1) is 0 Å². The van der Waals surface area contributed by atoms with Crippen LogP contribution in [0.4, 0.5) is 5.69 Å². The van der Waals surface area contributed by atoms with Crippen molar-refractivity contribution < 1.29 is 8.42 Å². The van der Waals surface area contributed by atoms with Crippen molar-refractivity contribution in [1.29, 1.82) is 0 Å². The van der Waals surface area contributed by atoms with E-state index in [9.17, 15) is 8.42 Å². The van der Waals surface area contributed by atoms with E-state index in [1.165, 1.54) is 12.8 Å². The molecule has 0 aromatic heterocycles. The lowest BCUT2D eigenvalue weighted by Gasteiger charge is -2.32. The predicted octanol–water partition coefficient (Wildman–Crippen LogP) is 2.19. The number of hydrogen-bond acceptors (Lipinski definition) is 4. The van der Waals surface area contributed by atoms with E-state index in [2.05, 4.69) is 4.90 Å². The monoisotopic (exact) mass is 296 g/mol. The molecule has 1 aliphatic rings. The Balaban J connectivity index is 2.42. The number of sulfone groups is 1. The normalized spacial score (nSPS) is 16.5. The van der Waals surface area contributed by atoms with Gasteiger partial charge in [0.05, 0.1) is 16.3 Å². The molecule has 0 aliphatic heterocycles. The molecule has 4 nitrogen and oxygen atoms in total. The molecule has 5 heteroatoms. The summed E-state index contributed by atoms with van der Waals surface area (Å²) >= 11 is 0. The van der Waals surface area contributed by atoms with Gasteiger partial charge in [0.15, 0.2) is 9.84 Å². The maximum Gasteiger partial charge on any atom is 0.180 e. The molecule has 0 atom stereocenters. The third-order valence-electron chi connectivity index (χ3n) is 4.03. The summed E-state index contributed by atoms with van der Waals surface area (Å²) in [4.78, 5) is 2.65. The van der Waals surface area contributed by atoms with E-state index >= 15 is 0 Å². The Morgan fingerprint density at radius 1 is 1.25 bits per heavy atom. The maximum atomic E-state index is 12.3. The number of para-hydroxylation sites is 1. The summed E-state index contributed by atoms with van der Waals surface area (Å²) in [5.41, 5.74) is 6.56. The molecule has 2 N–H and O–H groups in total. The van der Waals surface area contributed by atoms with Crippen LogP contribution in [-0.2, 0) is 9.84 Å². The minimum absolute atomic E-state index is 0.130. The summed E-state index contributed by atoms with van der Waals surface area (Å²) in [6.07, 6.45) is 4.68. The van der Waals surface area contributed by atoms with Crippen LogP contribution in [0.2, 0.25) is 0 Å². The quantitative estimate of drug-likeness (QED) is 0.874. The largest absolute Gasteiger partial charge is 0.366 e. The SMILES string of the molecule is CCS(=O)(=O)c1ccccc1N(CCN)C1CCCC1. The van der Waals surface area contributed by atoms with Gasteiger partial charge in [-0.2, -0.15) is 0 Å². The highest BCUT2D eigenvalue weighted by Crippen LogP contribution is 2.32. The number of nitrogens with zero attached hydrogens (tertiary/aromatic N) is 1. The van der Waals surface area contributed by atoms with Crippen molar-refractivity contribution in [2.24, 2.45) is 5.73 Å². The first-order chi connectivity index (χ1) is 9.60. The Hall–Kier alpha value is -1.07. The van der Waals surface area contributed by atoms with E-state index in [4.69, 9.17) is 5.73 Å². The molecular formula is C15H24N2O2S. The van der Waals surface area contributed by atoms with Crippen molar-refractivity contribution in [3.05, 3.63) is 24.3 Å².